The molecule has 2 nitrogen and oxygen atoms in total. The van der Waals surface area contributed by atoms with Crippen LogP contribution in [-0.4, -0.2) is 17.7 Å². The Balaban J connectivity index is 2.50. The zero-order valence-corrected chi connectivity index (χ0v) is 7.09. The molecule has 1 aromatic rings. The van der Waals surface area contributed by atoms with Crippen molar-refractivity contribution < 1.29 is 0 Å². The van der Waals surface area contributed by atoms with E-state index in [1.165, 1.54) is 5.69 Å². The van der Waals surface area contributed by atoms with Crippen LogP contribution in [0.25, 0.3) is 0 Å². The number of aromatic amines is 1. The first-order valence-electron chi connectivity index (χ1n) is 3.98. The first-order valence-corrected chi connectivity index (χ1v) is 3.98. The molecule has 1 heterocycles. The molecule has 1 rings (SSSR count). The fraction of sp³-hybridized carbons (Fsp3) is 0.444. The molecule has 0 aromatic carbocycles. The molecule has 0 fully saturated rings. The summed E-state index contributed by atoms with van der Waals surface area (Å²) in [6.07, 6.45) is 2.99. The quantitative estimate of drug-likeness (QED) is 0.639. The van der Waals surface area contributed by atoms with E-state index in [1.54, 1.807) is 0 Å². The third-order valence-electron chi connectivity index (χ3n) is 1.44. The second-order valence-corrected chi connectivity index (χ2v) is 2.63. The van der Waals surface area contributed by atoms with Crippen molar-refractivity contribution in [1.82, 2.24) is 4.98 Å². The molecule has 0 amide bonds. The molecule has 0 aliphatic heterocycles. The average molecular weight is 150 g/mol. The Morgan fingerprint density at radius 1 is 1.55 bits per heavy atom. The lowest BCUT2D eigenvalue weighted by Gasteiger charge is -1.86. The minimum atomic E-state index is 0.915. The number of nitrogens with one attached hydrogen (secondary N) is 1. The largest absolute Gasteiger partial charge is 0.358 e. The summed E-state index contributed by atoms with van der Waals surface area (Å²) in [5, 5.41) is 0. The Morgan fingerprint density at radius 3 is 2.91 bits per heavy atom. The van der Waals surface area contributed by atoms with Crippen LogP contribution in [-0.2, 0) is 0 Å². The molecule has 0 saturated carbocycles. The van der Waals surface area contributed by atoms with Gasteiger partial charge in [0.15, 0.2) is 0 Å². The van der Waals surface area contributed by atoms with E-state index in [9.17, 15) is 0 Å². The number of aromatic nitrogens is 1. The Bertz CT molecular complexity index is 235. The van der Waals surface area contributed by atoms with Crippen molar-refractivity contribution in [1.29, 1.82) is 0 Å². The van der Waals surface area contributed by atoms with Crippen LogP contribution in [0.4, 0.5) is 0 Å². The van der Waals surface area contributed by atoms with Gasteiger partial charge in [0.05, 0.1) is 5.69 Å². The number of hydrogen-bond acceptors (Lipinski definition) is 1. The van der Waals surface area contributed by atoms with Crippen LogP contribution >= 0.6 is 0 Å². The highest BCUT2D eigenvalue weighted by Crippen LogP contribution is 1.96. The Labute approximate surface area is 67.4 Å². The van der Waals surface area contributed by atoms with Crippen LogP contribution in [0.5, 0.6) is 0 Å². The summed E-state index contributed by atoms with van der Waals surface area (Å²) in [7, 11) is 0. The minimum Gasteiger partial charge on any atom is -0.358 e. The molecule has 0 aliphatic carbocycles. The summed E-state index contributed by atoms with van der Waals surface area (Å²) in [5.41, 5.74) is 2.28. The molecule has 1 aromatic heterocycles. The standard InChI is InChI=1S/C9H14N2/c1-3-6-10-7-9-5-4-8(2)11-9/h4-5,7,11H,3,6H2,1-2H3. The van der Waals surface area contributed by atoms with E-state index in [0.717, 1.165) is 18.7 Å². The van der Waals surface area contributed by atoms with Gasteiger partial charge in [-0.2, -0.15) is 0 Å². The predicted molar refractivity (Wildman–Crippen MR) is 48.3 cm³/mol. The third-order valence-corrected chi connectivity index (χ3v) is 1.44. The van der Waals surface area contributed by atoms with E-state index in [0.29, 0.717) is 0 Å². The lowest BCUT2D eigenvalue weighted by atomic mass is 10.4. The maximum atomic E-state index is 4.22. The van der Waals surface area contributed by atoms with Gasteiger partial charge >= 0.3 is 0 Å². The van der Waals surface area contributed by atoms with Crippen LogP contribution in [0.2, 0.25) is 0 Å². The van der Waals surface area contributed by atoms with Gasteiger partial charge in [0.1, 0.15) is 0 Å². The fourth-order valence-electron chi connectivity index (χ4n) is 0.893. The van der Waals surface area contributed by atoms with Crippen LogP contribution in [0.1, 0.15) is 24.7 Å². The topological polar surface area (TPSA) is 28.1 Å². The maximum absolute atomic E-state index is 4.22. The van der Waals surface area contributed by atoms with E-state index >= 15 is 0 Å². The lowest BCUT2D eigenvalue weighted by Crippen LogP contribution is -1.82. The summed E-state index contributed by atoms with van der Waals surface area (Å²) in [6, 6.07) is 4.09. The molecule has 0 unspecified atom stereocenters. The Hall–Kier alpha value is -1.05. The van der Waals surface area contributed by atoms with E-state index in [2.05, 4.69) is 16.9 Å². The highest BCUT2D eigenvalue weighted by atomic mass is 14.8. The summed E-state index contributed by atoms with van der Waals surface area (Å²) >= 11 is 0. The Morgan fingerprint density at radius 2 is 2.36 bits per heavy atom. The van der Waals surface area contributed by atoms with E-state index in [-0.39, 0.29) is 0 Å². The molecule has 2 heteroatoms. The second-order valence-electron chi connectivity index (χ2n) is 2.63. The molecule has 0 aliphatic rings. The van der Waals surface area contributed by atoms with Gasteiger partial charge < -0.3 is 4.98 Å². The molecule has 0 saturated heterocycles. The van der Waals surface area contributed by atoms with Crippen LogP contribution in [0.3, 0.4) is 0 Å². The van der Waals surface area contributed by atoms with E-state index in [1.807, 2.05) is 25.3 Å². The number of nitrogens with zero attached hydrogens (tertiary/aromatic N) is 1. The molecule has 0 spiro atoms. The number of aryl methyl sites for hydroxylation is 1. The zero-order valence-electron chi connectivity index (χ0n) is 7.09. The SMILES string of the molecule is CCCN=Cc1ccc(C)[nH]1. The second kappa shape index (κ2) is 3.96. The van der Waals surface area contributed by atoms with Gasteiger partial charge in [-0.3, -0.25) is 4.99 Å². The van der Waals surface area contributed by atoms with Gasteiger partial charge in [0, 0.05) is 18.5 Å². The number of aliphatic imine (C=N–C) groups is 1. The van der Waals surface area contributed by atoms with Crippen molar-refractivity contribution in [2.24, 2.45) is 4.99 Å². The molecule has 0 radical (unpaired) electrons. The normalized spacial score (nSPS) is 11.1. The minimum absolute atomic E-state index is 0.915. The third kappa shape index (κ3) is 2.58. The van der Waals surface area contributed by atoms with Crippen molar-refractivity contribution in [3.63, 3.8) is 0 Å². The predicted octanol–water partition coefficient (Wildman–Crippen LogP) is 2.15. The zero-order chi connectivity index (χ0) is 8.10. The smallest absolute Gasteiger partial charge is 0.0563 e. The summed E-state index contributed by atoms with van der Waals surface area (Å²) in [6.45, 7) is 5.08. The van der Waals surface area contributed by atoms with Gasteiger partial charge in [-0.05, 0) is 25.5 Å². The van der Waals surface area contributed by atoms with Crippen molar-refractivity contribution in [3.8, 4) is 0 Å². The van der Waals surface area contributed by atoms with Crippen LogP contribution in [0, 0.1) is 6.92 Å². The van der Waals surface area contributed by atoms with Gasteiger partial charge in [-0.1, -0.05) is 6.92 Å². The van der Waals surface area contributed by atoms with E-state index < -0.39 is 0 Å². The summed E-state index contributed by atoms with van der Waals surface area (Å²) in [4.78, 5) is 7.40. The Kier molecular flexibility index (Phi) is 2.90. The molecular weight excluding hydrogens is 136 g/mol. The molecule has 60 valence electrons. The summed E-state index contributed by atoms with van der Waals surface area (Å²) in [5.74, 6) is 0. The van der Waals surface area contributed by atoms with Crippen molar-refractivity contribution in [2.45, 2.75) is 20.3 Å². The van der Waals surface area contributed by atoms with Gasteiger partial charge in [-0.25, -0.2) is 0 Å². The van der Waals surface area contributed by atoms with Crippen LogP contribution in [0.15, 0.2) is 17.1 Å². The highest BCUT2D eigenvalue weighted by molar-refractivity contribution is 5.77. The van der Waals surface area contributed by atoms with Crippen molar-refractivity contribution in [3.05, 3.63) is 23.5 Å². The van der Waals surface area contributed by atoms with Gasteiger partial charge in [0.25, 0.3) is 0 Å². The highest BCUT2D eigenvalue weighted by Gasteiger charge is 1.88. The van der Waals surface area contributed by atoms with Crippen LogP contribution < -0.4 is 0 Å². The van der Waals surface area contributed by atoms with Gasteiger partial charge in [-0.15, -0.1) is 0 Å². The molecule has 0 atom stereocenters. The molecule has 0 bridgehead atoms. The first kappa shape index (κ1) is 8.05. The fourth-order valence-corrected chi connectivity index (χ4v) is 0.893. The average Bonchev–Trinajstić information content (AvgIpc) is 2.37. The number of H-pyrrole nitrogens is 1. The number of rotatable bonds is 3. The summed E-state index contributed by atoms with van der Waals surface area (Å²) < 4.78 is 0. The molecular formula is C9H14N2. The monoisotopic (exact) mass is 150 g/mol. The van der Waals surface area contributed by atoms with Crippen molar-refractivity contribution >= 4 is 6.21 Å². The lowest BCUT2D eigenvalue weighted by molar-refractivity contribution is 0.936. The molecule has 11 heavy (non-hydrogen) atoms. The number of hydrogen-bond donors (Lipinski definition) is 1. The molecule has 1 N–H and O–H groups in total. The van der Waals surface area contributed by atoms with E-state index in [4.69, 9.17) is 0 Å². The van der Waals surface area contributed by atoms with Crippen molar-refractivity contribution in [2.75, 3.05) is 6.54 Å². The van der Waals surface area contributed by atoms with Gasteiger partial charge in [0.2, 0.25) is 0 Å². The first-order chi connectivity index (χ1) is 5.33. The maximum Gasteiger partial charge on any atom is 0.0563 e.